The van der Waals surface area contributed by atoms with Gasteiger partial charge in [0, 0.05) is 0 Å². The van der Waals surface area contributed by atoms with Crippen molar-refractivity contribution in [2.45, 2.75) is 94.9 Å². The Balaban J connectivity index is 0.000000932. The Labute approximate surface area is 248 Å². The average molecular weight is 601 g/mol. The predicted octanol–water partition coefficient (Wildman–Crippen LogP) is 2.45. The summed E-state index contributed by atoms with van der Waals surface area (Å²) in [6.45, 7) is 18.6. The minimum Gasteiger partial charge on any atom is -0.481 e. The molecule has 2 saturated heterocycles. The van der Waals surface area contributed by atoms with Crippen molar-refractivity contribution in [3.05, 3.63) is 0 Å². The molecule has 0 bridgehead atoms. The molecule has 0 spiro atoms. The van der Waals surface area contributed by atoms with Gasteiger partial charge in [0.2, 0.25) is 5.91 Å². The third-order valence-electron chi connectivity index (χ3n) is 9.26. The maximum atomic E-state index is 12.2. The van der Waals surface area contributed by atoms with Crippen molar-refractivity contribution in [2.24, 2.45) is 69.3 Å². The van der Waals surface area contributed by atoms with Crippen molar-refractivity contribution < 1.29 is 43.3 Å². The van der Waals surface area contributed by atoms with Crippen LogP contribution in [0.5, 0.6) is 0 Å². The van der Waals surface area contributed by atoms with Crippen molar-refractivity contribution >= 4 is 35.8 Å². The number of hydrogen-bond donors (Lipinski definition) is 5. The third kappa shape index (κ3) is 9.05. The number of carboxylic acid groups (broad SMARTS) is 1. The molecule has 0 aliphatic carbocycles. The molecule has 2 aliphatic heterocycles. The normalized spacial score (nSPS) is 23.9. The molecular weight excluding hydrogens is 548 g/mol. The van der Waals surface area contributed by atoms with Gasteiger partial charge in [-0.2, -0.15) is 0 Å². The minimum atomic E-state index is -1.10. The van der Waals surface area contributed by atoms with Crippen LogP contribution in [0, 0.1) is 51.8 Å². The van der Waals surface area contributed by atoms with Crippen LogP contribution >= 0.6 is 0 Å². The maximum absolute atomic E-state index is 12.2. The van der Waals surface area contributed by atoms with Gasteiger partial charge in [-0.3, -0.25) is 45.9 Å². The van der Waals surface area contributed by atoms with E-state index < -0.39 is 58.3 Å². The van der Waals surface area contributed by atoms with E-state index in [4.69, 9.17) is 10.6 Å². The summed E-state index contributed by atoms with van der Waals surface area (Å²) in [6.07, 6.45) is 2.22. The van der Waals surface area contributed by atoms with E-state index in [1.807, 2.05) is 47.0 Å². The average Bonchev–Trinajstić information content (AvgIpc) is 3.35. The van der Waals surface area contributed by atoms with Crippen molar-refractivity contribution in [2.75, 3.05) is 0 Å². The molecular formula is C29H52N4O9. The van der Waals surface area contributed by atoms with Crippen LogP contribution < -0.4 is 23.0 Å². The van der Waals surface area contributed by atoms with Crippen LogP contribution in [-0.4, -0.2) is 40.9 Å². The third-order valence-corrected chi connectivity index (χ3v) is 9.26. The van der Waals surface area contributed by atoms with Gasteiger partial charge in [-0.05, 0) is 29.1 Å². The van der Waals surface area contributed by atoms with Gasteiger partial charge < -0.3 is 14.6 Å². The Morgan fingerprint density at radius 1 is 0.857 bits per heavy atom. The topological polar surface area (TPSA) is 231 Å². The lowest BCUT2D eigenvalue weighted by molar-refractivity contribution is -0.156. The number of carbonyl (C=O) groups excluding carboxylic acids is 5. The van der Waals surface area contributed by atoms with Crippen LogP contribution in [0.2, 0.25) is 0 Å². The first-order valence-corrected chi connectivity index (χ1v) is 14.3. The van der Waals surface area contributed by atoms with Crippen LogP contribution in [0.4, 0.5) is 0 Å². The zero-order valence-corrected chi connectivity index (χ0v) is 26.7. The molecule has 0 aromatic carbocycles. The van der Waals surface area contributed by atoms with E-state index in [1.54, 1.807) is 20.8 Å². The quantitative estimate of drug-likeness (QED) is 0.0756. The fourth-order valence-electron chi connectivity index (χ4n) is 5.91. The summed E-state index contributed by atoms with van der Waals surface area (Å²) < 4.78 is 9.47. The second-order valence-electron chi connectivity index (χ2n) is 13.2. The number of carbonyl (C=O) groups is 6. The number of carboxylic acids is 1. The SMILES string of the molecule is CCC(C)(C)C1C(=O)OC(=O)C1C.CCC(C)(C)C1C(=O)OC(=O)C1CCC(C)(C)C(C(=O)O)C(C)C(=O)NN.NN. The van der Waals surface area contributed by atoms with Gasteiger partial charge in [-0.15, -0.1) is 0 Å². The van der Waals surface area contributed by atoms with E-state index in [9.17, 15) is 33.9 Å². The molecule has 6 atom stereocenters. The van der Waals surface area contributed by atoms with Crippen molar-refractivity contribution in [3.63, 3.8) is 0 Å². The summed E-state index contributed by atoms with van der Waals surface area (Å²) >= 11 is 0. The first-order chi connectivity index (χ1) is 19.2. The molecule has 0 aromatic heterocycles. The Morgan fingerprint density at radius 2 is 1.29 bits per heavy atom. The van der Waals surface area contributed by atoms with Gasteiger partial charge in [-0.1, -0.05) is 82.1 Å². The first-order valence-electron chi connectivity index (χ1n) is 14.3. The van der Waals surface area contributed by atoms with E-state index in [0.29, 0.717) is 19.3 Å². The molecule has 2 rings (SSSR count). The molecule has 2 aliphatic rings. The lowest BCUT2D eigenvalue weighted by Gasteiger charge is -2.36. The number of cyclic esters (lactones) is 4. The number of rotatable bonds is 11. The Bertz CT molecular complexity index is 1010. The highest BCUT2D eigenvalue weighted by molar-refractivity contribution is 5.97. The summed E-state index contributed by atoms with van der Waals surface area (Å²) in [5.41, 5.74) is 0.639. The smallest absolute Gasteiger partial charge is 0.318 e. The highest BCUT2D eigenvalue weighted by atomic mass is 16.6. The zero-order valence-electron chi connectivity index (χ0n) is 26.7. The molecule has 0 aromatic rings. The van der Waals surface area contributed by atoms with Gasteiger partial charge in [0.25, 0.3) is 0 Å². The number of nitrogens with two attached hydrogens (primary N) is 3. The monoisotopic (exact) mass is 600 g/mol. The molecule has 2 fully saturated rings. The fraction of sp³-hybridized carbons (Fsp3) is 0.793. The lowest BCUT2D eigenvalue weighted by atomic mass is 9.65. The summed E-state index contributed by atoms with van der Waals surface area (Å²) in [4.78, 5) is 70.6. The summed E-state index contributed by atoms with van der Waals surface area (Å²) in [7, 11) is 0. The summed E-state index contributed by atoms with van der Waals surface area (Å²) in [5.74, 6) is 6.12. The predicted molar refractivity (Wildman–Crippen MR) is 154 cm³/mol. The largest absolute Gasteiger partial charge is 0.481 e. The van der Waals surface area contributed by atoms with Gasteiger partial charge in [0.15, 0.2) is 0 Å². The number of hydrazine groups is 2. The summed E-state index contributed by atoms with van der Waals surface area (Å²) in [5, 5.41) is 9.66. The molecule has 6 unspecified atom stereocenters. The van der Waals surface area contributed by atoms with Crippen molar-refractivity contribution in [3.8, 4) is 0 Å². The number of amides is 1. The van der Waals surface area contributed by atoms with E-state index in [-0.39, 0.29) is 29.2 Å². The fourth-order valence-corrected chi connectivity index (χ4v) is 5.91. The number of esters is 4. The van der Waals surface area contributed by atoms with Gasteiger partial charge in [0.05, 0.1) is 35.5 Å². The second-order valence-corrected chi connectivity index (χ2v) is 13.2. The Morgan fingerprint density at radius 3 is 1.67 bits per heavy atom. The molecule has 13 nitrogen and oxygen atoms in total. The molecule has 0 saturated carbocycles. The molecule has 42 heavy (non-hydrogen) atoms. The van der Waals surface area contributed by atoms with Crippen LogP contribution in [0.15, 0.2) is 0 Å². The van der Waals surface area contributed by atoms with Crippen LogP contribution in [0.1, 0.15) is 94.9 Å². The molecule has 0 radical (unpaired) electrons. The number of aliphatic carboxylic acids is 1. The molecule has 2 heterocycles. The first kappa shape index (κ1) is 39.1. The minimum absolute atomic E-state index is 0.150. The van der Waals surface area contributed by atoms with Crippen molar-refractivity contribution in [1.29, 1.82) is 0 Å². The number of hydrogen-bond acceptors (Lipinski definition) is 11. The van der Waals surface area contributed by atoms with Gasteiger partial charge in [0.1, 0.15) is 0 Å². The second kappa shape index (κ2) is 15.5. The molecule has 13 heteroatoms. The van der Waals surface area contributed by atoms with Crippen molar-refractivity contribution in [1.82, 2.24) is 5.43 Å². The van der Waals surface area contributed by atoms with E-state index in [0.717, 1.165) is 6.42 Å². The summed E-state index contributed by atoms with van der Waals surface area (Å²) in [6, 6.07) is 0. The standard InChI is InChI=1S/C19H32N2O6.C10H16O3.H4N2/c1-7-18(3,4)13-11(16(25)27-17(13)26)8-9-19(5,6)12(15(23)24)10(2)14(22)21-20;1-5-10(3,4)7-6(2)8(11)13-9(7)12;1-2/h10-13H,7-9,20H2,1-6H3,(H,21,22)(H,23,24);6-7H,5H2,1-4H3;1-2H2. The van der Waals surface area contributed by atoms with Crippen LogP contribution in [-0.2, 0) is 38.2 Å². The molecule has 1 amide bonds. The Hall–Kier alpha value is -2.90. The molecule has 242 valence electrons. The van der Waals surface area contributed by atoms with Crippen LogP contribution in [0.25, 0.3) is 0 Å². The highest BCUT2D eigenvalue weighted by Gasteiger charge is 2.52. The highest BCUT2D eigenvalue weighted by Crippen LogP contribution is 2.46. The van der Waals surface area contributed by atoms with E-state index in [2.05, 4.69) is 16.4 Å². The van der Waals surface area contributed by atoms with Crippen LogP contribution in [0.3, 0.4) is 0 Å². The number of ether oxygens (including phenoxy) is 2. The van der Waals surface area contributed by atoms with E-state index >= 15 is 0 Å². The maximum Gasteiger partial charge on any atom is 0.318 e. The lowest BCUT2D eigenvalue weighted by Crippen LogP contribution is -2.45. The van der Waals surface area contributed by atoms with E-state index in [1.165, 1.54) is 6.92 Å². The van der Waals surface area contributed by atoms with Gasteiger partial charge >= 0.3 is 29.8 Å². The van der Waals surface area contributed by atoms with Gasteiger partial charge in [-0.25, -0.2) is 5.84 Å². The molecule has 8 N–H and O–H groups in total. The Kier molecular flexibility index (Phi) is 14.5. The number of nitrogens with one attached hydrogen (secondary N) is 1. The zero-order chi connectivity index (χ0) is 33.4.